The molecule has 0 heterocycles. The number of hydrogen-bond donors (Lipinski definition) is 0. The molecule has 2 rings (SSSR count). The van der Waals surface area contributed by atoms with Gasteiger partial charge < -0.3 is 0 Å². The van der Waals surface area contributed by atoms with Crippen LogP contribution in [-0.2, 0) is 0 Å². The number of nitro groups is 1. The summed E-state index contributed by atoms with van der Waals surface area (Å²) in [4.78, 5) is 10.9. The second kappa shape index (κ2) is 4.61. The Morgan fingerprint density at radius 1 is 0.944 bits per heavy atom. The van der Waals surface area contributed by atoms with Crippen LogP contribution in [0, 0.1) is 30.9 Å². The van der Waals surface area contributed by atoms with Gasteiger partial charge in [-0.05, 0) is 38.0 Å². The van der Waals surface area contributed by atoms with E-state index in [2.05, 4.69) is 0 Å². The first-order valence-electron chi connectivity index (χ1n) is 5.82. The van der Waals surface area contributed by atoms with E-state index in [1.807, 2.05) is 44.2 Å². The summed E-state index contributed by atoms with van der Waals surface area (Å²) >= 11 is 0. The van der Waals surface area contributed by atoms with Crippen molar-refractivity contribution in [1.82, 2.24) is 0 Å². The van der Waals surface area contributed by atoms with E-state index >= 15 is 0 Å². The first kappa shape index (κ1) is 12.3. The number of para-hydroxylation sites is 1. The predicted molar refractivity (Wildman–Crippen MR) is 72.7 cm³/mol. The van der Waals surface area contributed by atoms with Gasteiger partial charge in [-0.1, -0.05) is 35.9 Å². The van der Waals surface area contributed by atoms with Gasteiger partial charge in [0.15, 0.2) is 0 Å². The maximum Gasteiger partial charge on any atom is 0.280 e. The Morgan fingerprint density at radius 2 is 1.67 bits per heavy atom. The smallest absolute Gasteiger partial charge is 0.258 e. The lowest BCUT2D eigenvalue weighted by atomic mass is 9.96. The van der Waals surface area contributed by atoms with Crippen LogP contribution in [0.5, 0.6) is 0 Å². The highest BCUT2D eigenvalue weighted by atomic mass is 16.6. The van der Waals surface area contributed by atoms with E-state index in [9.17, 15) is 10.1 Å². The second-order valence-corrected chi connectivity index (χ2v) is 4.55. The quantitative estimate of drug-likeness (QED) is 0.584. The lowest BCUT2D eigenvalue weighted by Gasteiger charge is -2.09. The summed E-state index contributed by atoms with van der Waals surface area (Å²) in [6.07, 6.45) is 0. The maximum atomic E-state index is 11.2. The lowest BCUT2D eigenvalue weighted by Crippen LogP contribution is -1.96. The molecule has 0 aliphatic rings. The van der Waals surface area contributed by atoms with Gasteiger partial charge in [0.25, 0.3) is 5.69 Å². The molecule has 0 amide bonds. The van der Waals surface area contributed by atoms with E-state index in [1.54, 1.807) is 13.0 Å². The van der Waals surface area contributed by atoms with Gasteiger partial charge >= 0.3 is 0 Å². The van der Waals surface area contributed by atoms with Crippen LogP contribution in [0.3, 0.4) is 0 Å². The van der Waals surface area contributed by atoms with Crippen molar-refractivity contribution >= 4 is 5.69 Å². The summed E-state index contributed by atoms with van der Waals surface area (Å²) in [5, 5.41) is 11.2. The molecule has 0 aromatic heterocycles. The van der Waals surface area contributed by atoms with Gasteiger partial charge in [0.2, 0.25) is 0 Å². The number of hydrogen-bond acceptors (Lipinski definition) is 2. The van der Waals surface area contributed by atoms with Crippen molar-refractivity contribution in [2.45, 2.75) is 20.8 Å². The van der Waals surface area contributed by atoms with Crippen molar-refractivity contribution in [3.63, 3.8) is 0 Å². The van der Waals surface area contributed by atoms with Gasteiger partial charge in [0.1, 0.15) is 0 Å². The minimum atomic E-state index is -0.302. The Labute approximate surface area is 106 Å². The normalized spacial score (nSPS) is 10.4. The Hall–Kier alpha value is -2.16. The highest BCUT2D eigenvalue weighted by Gasteiger charge is 2.18. The summed E-state index contributed by atoms with van der Waals surface area (Å²) < 4.78 is 0. The standard InChI is InChI=1S/C15H15NO2/c1-10-7-8-13(12(3)9-10)14-6-4-5-11(2)15(14)16(17)18/h4-9H,1-3H3. The van der Waals surface area contributed by atoms with Crippen LogP contribution in [0.2, 0.25) is 0 Å². The van der Waals surface area contributed by atoms with Gasteiger partial charge in [-0.2, -0.15) is 0 Å². The fraction of sp³-hybridized carbons (Fsp3) is 0.200. The van der Waals surface area contributed by atoms with E-state index in [4.69, 9.17) is 0 Å². The summed E-state index contributed by atoms with van der Waals surface area (Å²) in [5.41, 5.74) is 4.73. The third kappa shape index (κ3) is 2.12. The Kier molecular flexibility index (Phi) is 3.15. The van der Waals surface area contributed by atoms with Gasteiger partial charge in [0.05, 0.1) is 10.5 Å². The monoisotopic (exact) mass is 241 g/mol. The van der Waals surface area contributed by atoms with Crippen LogP contribution < -0.4 is 0 Å². The van der Waals surface area contributed by atoms with Crippen molar-refractivity contribution in [3.05, 3.63) is 63.2 Å². The van der Waals surface area contributed by atoms with Crippen molar-refractivity contribution in [2.24, 2.45) is 0 Å². The zero-order valence-corrected chi connectivity index (χ0v) is 10.7. The van der Waals surface area contributed by atoms with Crippen molar-refractivity contribution in [2.75, 3.05) is 0 Å². The summed E-state index contributed by atoms with van der Waals surface area (Å²) in [5.74, 6) is 0. The van der Waals surface area contributed by atoms with Gasteiger partial charge in [-0.25, -0.2) is 0 Å². The number of aryl methyl sites for hydroxylation is 3. The zero-order chi connectivity index (χ0) is 13.3. The number of benzene rings is 2. The number of nitro benzene ring substituents is 1. The predicted octanol–water partition coefficient (Wildman–Crippen LogP) is 4.19. The summed E-state index contributed by atoms with van der Waals surface area (Å²) in [7, 11) is 0. The molecular weight excluding hydrogens is 226 g/mol. The van der Waals surface area contributed by atoms with Crippen LogP contribution in [0.4, 0.5) is 5.69 Å². The molecule has 2 aromatic rings. The molecule has 0 saturated carbocycles. The fourth-order valence-electron chi connectivity index (χ4n) is 2.23. The molecule has 3 nitrogen and oxygen atoms in total. The minimum absolute atomic E-state index is 0.199. The van der Waals surface area contributed by atoms with E-state index in [0.717, 1.165) is 16.7 Å². The molecule has 92 valence electrons. The molecule has 0 aliphatic carbocycles. The SMILES string of the molecule is Cc1ccc(-c2cccc(C)c2[N+](=O)[O-])c(C)c1. The molecule has 2 aromatic carbocycles. The summed E-state index contributed by atoms with van der Waals surface area (Å²) in [6.45, 7) is 5.76. The second-order valence-electron chi connectivity index (χ2n) is 4.55. The fourth-order valence-corrected chi connectivity index (χ4v) is 2.23. The summed E-state index contributed by atoms with van der Waals surface area (Å²) in [6, 6.07) is 11.4. The van der Waals surface area contributed by atoms with E-state index in [1.165, 1.54) is 0 Å². The third-order valence-electron chi connectivity index (χ3n) is 3.09. The van der Waals surface area contributed by atoms with Crippen LogP contribution in [0.1, 0.15) is 16.7 Å². The third-order valence-corrected chi connectivity index (χ3v) is 3.09. The average Bonchev–Trinajstić information content (AvgIpc) is 2.28. The molecule has 0 N–H and O–H groups in total. The number of rotatable bonds is 2. The largest absolute Gasteiger partial charge is 0.280 e. The molecule has 0 bridgehead atoms. The van der Waals surface area contributed by atoms with Gasteiger partial charge in [-0.3, -0.25) is 10.1 Å². The van der Waals surface area contributed by atoms with Crippen LogP contribution >= 0.6 is 0 Å². The van der Waals surface area contributed by atoms with Crippen molar-refractivity contribution in [3.8, 4) is 11.1 Å². The Morgan fingerprint density at radius 3 is 2.28 bits per heavy atom. The van der Waals surface area contributed by atoms with Crippen molar-refractivity contribution in [1.29, 1.82) is 0 Å². The van der Waals surface area contributed by atoms with Crippen LogP contribution in [0.25, 0.3) is 11.1 Å². The maximum absolute atomic E-state index is 11.2. The minimum Gasteiger partial charge on any atom is -0.258 e. The number of nitrogens with zero attached hydrogens (tertiary/aromatic N) is 1. The molecule has 0 unspecified atom stereocenters. The molecule has 0 aliphatic heterocycles. The van der Waals surface area contributed by atoms with E-state index in [0.29, 0.717) is 11.1 Å². The molecular formula is C15H15NO2. The van der Waals surface area contributed by atoms with Crippen LogP contribution in [-0.4, -0.2) is 4.92 Å². The van der Waals surface area contributed by atoms with E-state index < -0.39 is 0 Å². The Balaban J connectivity index is 2.71. The molecule has 18 heavy (non-hydrogen) atoms. The van der Waals surface area contributed by atoms with Crippen molar-refractivity contribution < 1.29 is 4.92 Å². The molecule has 0 saturated heterocycles. The molecule has 0 fully saturated rings. The first-order chi connectivity index (χ1) is 8.50. The van der Waals surface area contributed by atoms with E-state index in [-0.39, 0.29) is 10.6 Å². The topological polar surface area (TPSA) is 43.1 Å². The molecule has 0 radical (unpaired) electrons. The first-order valence-corrected chi connectivity index (χ1v) is 5.82. The highest BCUT2D eigenvalue weighted by molar-refractivity contribution is 5.77. The Bertz CT molecular complexity index is 618. The van der Waals surface area contributed by atoms with Gasteiger partial charge in [-0.15, -0.1) is 0 Å². The lowest BCUT2D eigenvalue weighted by molar-refractivity contribution is -0.384. The van der Waals surface area contributed by atoms with Crippen LogP contribution in [0.15, 0.2) is 36.4 Å². The van der Waals surface area contributed by atoms with Gasteiger partial charge in [0, 0.05) is 5.56 Å². The molecule has 3 heteroatoms. The molecule has 0 atom stereocenters. The average molecular weight is 241 g/mol. The highest BCUT2D eigenvalue weighted by Crippen LogP contribution is 2.34. The zero-order valence-electron chi connectivity index (χ0n) is 10.7. The molecule has 0 spiro atoms.